The fourth-order valence-electron chi connectivity index (χ4n) is 2.63. The Kier molecular flexibility index (Phi) is 4.83. The van der Waals surface area contributed by atoms with Crippen LogP contribution in [0.5, 0.6) is 0 Å². The van der Waals surface area contributed by atoms with Crippen LogP contribution in [-0.2, 0) is 0 Å². The van der Waals surface area contributed by atoms with Crippen LogP contribution in [0.25, 0.3) is 0 Å². The molecule has 0 amide bonds. The van der Waals surface area contributed by atoms with E-state index in [1.165, 1.54) is 12.0 Å². The van der Waals surface area contributed by atoms with Gasteiger partial charge in [0.25, 0.3) is 0 Å². The minimum atomic E-state index is 0.630. The Morgan fingerprint density at radius 3 is 2.60 bits per heavy atom. The second kappa shape index (κ2) is 5.92. The van der Waals surface area contributed by atoms with Gasteiger partial charge in [-0.25, -0.2) is 0 Å². The molecule has 0 bridgehead atoms. The molecule has 0 aliphatic carbocycles. The van der Waals surface area contributed by atoms with Gasteiger partial charge in [0.2, 0.25) is 0 Å². The minimum Gasteiger partial charge on any atom is -0.316 e. The van der Waals surface area contributed by atoms with Crippen molar-refractivity contribution in [2.24, 2.45) is 17.8 Å². The molecule has 1 aliphatic rings. The fourth-order valence-corrected chi connectivity index (χ4v) is 2.63. The van der Waals surface area contributed by atoms with Crippen LogP contribution in [0, 0.1) is 17.8 Å². The van der Waals surface area contributed by atoms with Crippen molar-refractivity contribution in [3.8, 4) is 0 Å². The van der Waals surface area contributed by atoms with Crippen molar-refractivity contribution < 1.29 is 0 Å². The molecule has 3 atom stereocenters. The Hall–Kier alpha value is -0.820. The molecular weight excluding hydrogens is 182 g/mol. The second-order valence-electron chi connectivity index (χ2n) is 4.42. The molecule has 0 aromatic carbocycles. The van der Waals surface area contributed by atoms with E-state index in [-0.39, 0.29) is 0 Å². The Morgan fingerprint density at radius 2 is 2.20 bits per heavy atom. The summed E-state index contributed by atoms with van der Waals surface area (Å²) in [6.07, 6.45) is 7.14. The lowest BCUT2D eigenvalue weighted by Crippen LogP contribution is -2.22. The summed E-state index contributed by atoms with van der Waals surface area (Å²) in [5.74, 6) is 2.15. The van der Waals surface area contributed by atoms with Gasteiger partial charge in [0.05, 0.1) is 0 Å². The van der Waals surface area contributed by atoms with Crippen LogP contribution < -0.4 is 5.32 Å². The Morgan fingerprint density at radius 1 is 1.47 bits per heavy atom. The van der Waals surface area contributed by atoms with Crippen LogP contribution in [0.4, 0.5) is 0 Å². The van der Waals surface area contributed by atoms with E-state index >= 15 is 0 Å². The van der Waals surface area contributed by atoms with E-state index < -0.39 is 0 Å². The molecule has 15 heavy (non-hydrogen) atoms. The minimum absolute atomic E-state index is 0.630. The molecule has 1 aliphatic heterocycles. The monoisotopic (exact) mass is 205 g/mol. The number of hydrogen-bond donors (Lipinski definition) is 1. The average molecular weight is 205 g/mol. The maximum absolute atomic E-state index is 3.91. The predicted octanol–water partition coefficient (Wildman–Crippen LogP) is 3.17. The van der Waals surface area contributed by atoms with Gasteiger partial charge in [0.1, 0.15) is 0 Å². The first-order valence-electron chi connectivity index (χ1n) is 5.90. The average Bonchev–Trinajstić information content (AvgIpc) is 2.65. The van der Waals surface area contributed by atoms with Crippen molar-refractivity contribution in [2.75, 3.05) is 13.1 Å². The van der Waals surface area contributed by atoms with Gasteiger partial charge >= 0.3 is 0 Å². The van der Waals surface area contributed by atoms with Crippen molar-refractivity contribution in [3.63, 3.8) is 0 Å². The maximum atomic E-state index is 3.91. The summed E-state index contributed by atoms with van der Waals surface area (Å²) in [5.41, 5.74) is 1.34. The first-order chi connectivity index (χ1) is 7.24. The molecule has 1 N–H and O–H groups in total. The lowest BCUT2D eigenvalue weighted by atomic mass is 9.78. The number of allylic oxidation sites excluding steroid dienone is 4. The van der Waals surface area contributed by atoms with Gasteiger partial charge in [-0.1, -0.05) is 45.2 Å². The molecule has 0 spiro atoms. The van der Waals surface area contributed by atoms with E-state index in [1.807, 2.05) is 12.2 Å². The summed E-state index contributed by atoms with van der Waals surface area (Å²) in [6, 6.07) is 0. The highest BCUT2D eigenvalue weighted by molar-refractivity contribution is 5.25. The maximum Gasteiger partial charge on any atom is -0.00115 e. The molecule has 1 fully saturated rings. The highest BCUT2D eigenvalue weighted by Gasteiger charge is 2.30. The molecule has 0 aromatic heterocycles. The summed E-state index contributed by atoms with van der Waals surface area (Å²) < 4.78 is 0. The lowest BCUT2D eigenvalue weighted by molar-refractivity contribution is 0.330. The van der Waals surface area contributed by atoms with Crippen molar-refractivity contribution in [1.82, 2.24) is 5.32 Å². The summed E-state index contributed by atoms with van der Waals surface area (Å²) in [6.45, 7) is 14.6. The summed E-state index contributed by atoms with van der Waals surface area (Å²) in [7, 11) is 0. The molecule has 84 valence electrons. The third-order valence-corrected chi connectivity index (χ3v) is 3.51. The molecule has 3 unspecified atom stereocenters. The zero-order valence-corrected chi connectivity index (χ0v) is 10.00. The van der Waals surface area contributed by atoms with Crippen molar-refractivity contribution in [3.05, 3.63) is 37.0 Å². The SMILES string of the molecule is C=C/C=C(\C=C)C(CC)C1CNCC1C. The molecule has 1 heterocycles. The third-order valence-electron chi connectivity index (χ3n) is 3.51. The van der Waals surface area contributed by atoms with E-state index in [9.17, 15) is 0 Å². The predicted molar refractivity (Wildman–Crippen MR) is 67.8 cm³/mol. The topological polar surface area (TPSA) is 12.0 Å². The third kappa shape index (κ3) is 2.82. The highest BCUT2D eigenvalue weighted by Crippen LogP contribution is 2.32. The van der Waals surface area contributed by atoms with E-state index in [0.717, 1.165) is 24.9 Å². The standard InChI is InChI=1S/C14H23N/c1-5-8-12(6-2)13(7-3)14-10-15-9-11(14)4/h5-6,8,11,13-15H,1-2,7,9-10H2,3-4H3/b12-8+. The van der Waals surface area contributed by atoms with Gasteiger partial charge < -0.3 is 5.32 Å². The summed E-state index contributed by atoms with van der Waals surface area (Å²) >= 11 is 0. The Bertz CT molecular complexity index is 252. The molecule has 1 saturated heterocycles. The second-order valence-corrected chi connectivity index (χ2v) is 4.42. The molecule has 1 rings (SSSR count). The zero-order valence-electron chi connectivity index (χ0n) is 10.00. The van der Waals surface area contributed by atoms with Crippen LogP contribution in [0.3, 0.4) is 0 Å². The quantitative estimate of drug-likeness (QED) is 0.680. The van der Waals surface area contributed by atoms with Gasteiger partial charge in [-0.05, 0) is 42.8 Å². The van der Waals surface area contributed by atoms with Gasteiger partial charge in [-0.15, -0.1) is 0 Å². The smallest absolute Gasteiger partial charge is 0.00115 e. The first kappa shape index (κ1) is 12.3. The molecular formula is C14H23N. The largest absolute Gasteiger partial charge is 0.316 e. The van der Waals surface area contributed by atoms with Crippen LogP contribution in [0.15, 0.2) is 37.0 Å². The molecule has 1 heteroatoms. The summed E-state index contributed by atoms with van der Waals surface area (Å²) in [5, 5.41) is 3.47. The van der Waals surface area contributed by atoms with Crippen LogP contribution in [-0.4, -0.2) is 13.1 Å². The van der Waals surface area contributed by atoms with E-state index in [4.69, 9.17) is 0 Å². The fraction of sp³-hybridized carbons (Fsp3) is 0.571. The van der Waals surface area contributed by atoms with Crippen molar-refractivity contribution in [1.29, 1.82) is 0 Å². The molecule has 0 radical (unpaired) electrons. The Balaban J connectivity index is 2.81. The molecule has 1 nitrogen and oxygen atoms in total. The van der Waals surface area contributed by atoms with Crippen LogP contribution >= 0.6 is 0 Å². The van der Waals surface area contributed by atoms with E-state index in [0.29, 0.717) is 5.92 Å². The summed E-state index contributed by atoms with van der Waals surface area (Å²) in [4.78, 5) is 0. The molecule has 0 saturated carbocycles. The van der Waals surface area contributed by atoms with Gasteiger partial charge in [0, 0.05) is 0 Å². The normalized spacial score (nSPS) is 28.8. The Labute approximate surface area is 94.0 Å². The van der Waals surface area contributed by atoms with Crippen molar-refractivity contribution >= 4 is 0 Å². The van der Waals surface area contributed by atoms with E-state index in [2.05, 4.69) is 38.4 Å². The van der Waals surface area contributed by atoms with Gasteiger partial charge in [0.15, 0.2) is 0 Å². The molecule has 0 aromatic rings. The van der Waals surface area contributed by atoms with Crippen molar-refractivity contribution in [2.45, 2.75) is 20.3 Å². The first-order valence-corrected chi connectivity index (χ1v) is 5.90. The zero-order chi connectivity index (χ0) is 11.3. The van der Waals surface area contributed by atoms with Crippen LogP contribution in [0.1, 0.15) is 20.3 Å². The number of rotatable bonds is 5. The van der Waals surface area contributed by atoms with Gasteiger partial charge in [-0.3, -0.25) is 0 Å². The van der Waals surface area contributed by atoms with E-state index in [1.54, 1.807) is 0 Å². The number of nitrogens with one attached hydrogen (secondary N) is 1. The highest BCUT2D eigenvalue weighted by atomic mass is 14.9. The number of hydrogen-bond acceptors (Lipinski definition) is 1. The van der Waals surface area contributed by atoms with Gasteiger partial charge in [-0.2, -0.15) is 0 Å². The lowest BCUT2D eigenvalue weighted by Gasteiger charge is -2.26. The van der Waals surface area contributed by atoms with Crippen LogP contribution in [0.2, 0.25) is 0 Å².